The van der Waals surface area contributed by atoms with Crippen LogP contribution < -0.4 is 11.1 Å². The Morgan fingerprint density at radius 3 is 2.50 bits per heavy atom. The molecule has 2 aromatic rings. The highest BCUT2D eigenvalue weighted by Crippen LogP contribution is 2.10. The molecule has 6 heteroatoms. The van der Waals surface area contributed by atoms with Gasteiger partial charge in [0.15, 0.2) is 5.82 Å². The van der Waals surface area contributed by atoms with Gasteiger partial charge < -0.3 is 11.1 Å². The van der Waals surface area contributed by atoms with Gasteiger partial charge in [-0.2, -0.15) is 0 Å². The molecule has 2 heterocycles. The van der Waals surface area contributed by atoms with Crippen LogP contribution in [-0.4, -0.2) is 19.9 Å². The van der Waals surface area contributed by atoms with E-state index in [-0.39, 0.29) is 0 Å². The molecule has 2 aromatic heterocycles. The molecule has 0 fully saturated rings. The van der Waals surface area contributed by atoms with Crippen molar-refractivity contribution in [2.24, 2.45) is 0 Å². The fourth-order valence-electron chi connectivity index (χ4n) is 0.953. The largest absolute Gasteiger partial charge is 0.382 e. The number of anilines is 3. The Bertz CT molecular complexity index is 415. The third-order valence-corrected chi connectivity index (χ3v) is 1.49. The zero-order chi connectivity index (χ0) is 9.80. The molecule has 0 aliphatic carbocycles. The molecule has 3 N–H and O–H groups in total. The molecule has 0 saturated carbocycles. The van der Waals surface area contributed by atoms with Crippen molar-refractivity contribution in [3.63, 3.8) is 0 Å². The molecule has 70 valence electrons. The Labute approximate surface area is 80.3 Å². The highest BCUT2D eigenvalue weighted by Gasteiger charge is 1.96. The molecule has 6 nitrogen and oxygen atoms in total. The molecule has 0 atom stereocenters. The number of hydrogen-bond acceptors (Lipinski definition) is 6. The van der Waals surface area contributed by atoms with Crippen molar-refractivity contribution in [3.05, 3.63) is 31.1 Å². The normalized spacial score (nSPS) is 9.71. The second kappa shape index (κ2) is 3.65. The van der Waals surface area contributed by atoms with Gasteiger partial charge in [-0.3, -0.25) is 4.98 Å². The minimum absolute atomic E-state index is 0.367. The van der Waals surface area contributed by atoms with Gasteiger partial charge in [-0.25, -0.2) is 15.0 Å². The summed E-state index contributed by atoms with van der Waals surface area (Å²) in [6.07, 6.45) is 7.78. The first kappa shape index (κ1) is 8.36. The maximum Gasteiger partial charge on any atom is 0.151 e. The number of hydrogen-bond donors (Lipinski definition) is 2. The molecule has 2 rings (SSSR count). The fourth-order valence-corrected chi connectivity index (χ4v) is 0.953. The first-order valence-electron chi connectivity index (χ1n) is 3.94. The van der Waals surface area contributed by atoms with Gasteiger partial charge in [0.2, 0.25) is 0 Å². The Balaban J connectivity index is 2.19. The van der Waals surface area contributed by atoms with E-state index in [0.717, 1.165) is 5.69 Å². The third-order valence-electron chi connectivity index (χ3n) is 1.49. The van der Waals surface area contributed by atoms with Crippen LogP contribution in [0.5, 0.6) is 0 Å². The van der Waals surface area contributed by atoms with Gasteiger partial charge in [0.1, 0.15) is 12.1 Å². The molecular formula is C8H8N6. The highest BCUT2D eigenvalue weighted by atomic mass is 15.1. The van der Waals surface area contributed by atoms with Crippen molar-refractivity contribution < 1.29 is 0 Å². The maximum atomic E-state index is 5.47. The van der Waals surface area contributed by atoms with Crippen LogP contribution in [0.1, 0.15) is 0 Å². The number of nitrogen functional groups attached to an aromatic ring is 1. The van der Waals surface area contributed by atoms with E-state index in [1.807, 2.05) is 0 Å². The molecule has 0 amide bonds. The van der Waals surface area contributed by atoms with Crippen molar-refractivity contribution in [3.8, 4) is 0 Å². The quantitative estimate of drug-likeness (QED) is 0.717. The van der Waals surface area contributed by atoms with Crippen LogP contribution >= 0.6 is 0 Å². The summed E-state index contributed by atoms with van der Waals surface area (Å²) in [4.78, 5) is 15.6. The smallest absolute Gasteiger partial charge is 0.151 e. The summed E-state index contributed by atoms with van der Waals surface area (Å²) in [6, 6.07) is 0. The maximum absolute atomic E-state index is 5.47. The number of nitrogens with two attached hydrogens (primary N) is 1. The first-order chi connectivity index (χ1) is 6.84. The zero-order valence-electron chi connectivity index (χ0n) is 7.25. The monoisotopic (exact) mass is 188 g/mol. The molecule has 14 heavy (non-hydrogen) atoms. The Hall–Kier alpha value is -2.24. The highest BCUT2D eigenvalue weighted by molar-refractivity contribution is 5.53. The van der Waals surface area contributed by atoms with E-state index in [1.54, 1.807) is 18.6 Å². The van der Waals surface area contributed by atoms with Gasteiger partial charge >= 0.3 is 0 Å². The van der Waals surface area contributed by atoms with E-state index in [4.69, 9.17) is 5.73 Å². The lowest BCUT2D eigenvalue weighted by Crippen LogP contribution is -1.98. The SMILES string of the molecule is Nc1cncc(Nc2cncnc2)n1. The summed E-state index contributed by atoms with van der Waals surface area (Å²) in [5.41, 5.74) is 6.21. The molecule has 0 spiro atoms. The summed E-state index contributed by atoms with van der Waals surface area (Å²) in [6.45, 7) is 0. The summed E-state index contributed by atoms with van der Waals surface area (Å²) in [5, 5.41) is 2.97. The lowest BCUT2D eigenvalue weighted by molar-refractivity contribution is 1.15. The molecule has 0 aliphatic rings. The van der Waals surface area contributed by atoms with Gasteiger partial charge in [-0.15, -0.1) is 0 Å². The predicted molar refractivity (Wildman–Crippen MR) is 51.8 cm³/mol. The van der Waals surface area contributed by atoms with Crippen molar-refractivity contribution in [2.45, 2.75) is 0 Å². The second-order valence-electron chi connectivity index (χ2n) is 2.58. The van der Waals surface area contributed by atoms with E-state index in [9.17, 15) is 0 Å². The minimum atomic E-state index is 0.367. The van der Waals surface area contributed by atoms with E-state index < -0.39 is 0 Å². The molecule has 0 radical (unpaired) electrons. The van der Waals surface area contributed by atoms with Crippen LogP contribution in [0, 0.1) is 0 Å². The van der Waals surface area contributed by atoms with E-state index in [1.165, 1.54) is 12.5 Å². The van der Waals surface area contributed by atoms with Gasteiger partial charge in [0.25, 0.3) is 0 Å². The average molecular weight is 188 g/mol. The summed E-state index contributed by atoms with van der Waals surface area (Å²) in [7, 11) is 0. The Morgan fingerprint density at radius 1 is 1.00 bits per heavy atom. The van der Waals surface area contributed by atoms with Crippen LogP contribution in [-0.2, 0) is 0 Å². The van der Waals surface area contributed by atoms with Crippen LogP contribution in [0.3, 0.4) is 0 Å². The predicted octanol–water partition coefficient (Wildman–Crippen LogP) is 0.592. The van der Waals surface area contributed by atoms with Crippen molar-refractivity contribution in [1.82, 2.24) is 19.9 Å². The van der Waals surface area contributed by atoms with E-state index in [2.05, 4.69) is 25.3 Å². The third kappa shape index (κ3) is 1.92. The van der Waals surface area contributed by atoms with Crippen molar-refractivity contribution in [1.29, 1.82) is 0 Å². The number of rotatable bonds is 2. The van der Waals surface area contributed by atoms with Gasteiger partial charge in [-0.1, -0.05) is 0 Å². The molecule has 0 aliphatic heterocycles. The molecule has 0 unspecified atom stereocenters. The lowest BCUT2D eigenvalue weighted by Gasteiger charge is -2.03. The standard InChI is InChI=1S/C8H8N6/c9-7-3-10-4-8(14-7)13-6-1-11-5-12-2-6/h1-5H,(H3,9,13,14). The van der Waals surface area contributed by atoms with Gasteiger partial charge in [-0.05, 0) is 0 Å². The van der Waals surface area contributed by atoms with Crippen LogP contribution in [0.4, 0.5) is 17.3 Å². The van der Waals surface area contributed by atoms with Gasteiger partial charge in [0, 0.05) is 0 Å². The van der Waals surface area contributed by atoms with Crippen LogP contribution in [0.2, 0.25) is 0 Å². The van der Waals surface area contributed by atoms with Crippen molar-refractivity contribution >= 4 is 17.3 Å². The summed E-state index contributed by atoms with van der Waals surface area (Å²) in [5.74, 6) is 0.937. The first-order valence-corrected chi connectivity index (χ1v) is 3.94. The average Bonchev–Trinajstić information content (AvgIpc) is 2.19. The molecule has 0 bridgehead atoms. The number of aromatic nitrogens is 4. The summed E-state index contributed by atoms with van der Waals surface area (Å²) >= 11 is 0. The van der Waals surface area contributed by atoms with Crippen molar-refractivity contribution in [2.75, 3.05) is 11.1 Å². The fraction of sp³-hybridized carbons (Fsp3) is 0. The zero-order valence-corrected chi connectivity index (χ0v) is 7.25. The molecular weight excluding hydrogens is 180 g/mol. The van der Waals surface area contributed by atoms with Crippen LogP contribution in [0.15, 0.2) is 31.1 Å². The Morgan fingerprint density at radius 2 is 1.79 bits per heavy atom. The molecule has 0 saturated heterocycles. The van der Waals surface area contributed by atoms with E-state index >= 15 is 0 Å². The second-order valence-corrected chi connectivity index (χ2v) is 2.58. The molecule has 0 aromatic carbocycles. The minimum Gasteiger partial charge on any atom is -0.382 e. The number of nitrogens with zero attached hydrogens (tertiary/aromatic N) is 4. The Kier molecular flexibility index (Phi) is 2.18. The topological polar surface area (TPSA) is 89.6 Å². The van der Waals surface area contributed by atoms with Gasteiger partial charge in [0.05, 0.1) is 30.5 Å². The lowest BCUT2D eigenvalue weighted by atomic mass is 10.5. The number of nitrogens with one attached hydrogen (secondary N) is 1. The van der Waals surface area contributed by atoms with Crippen LogP contribution in [0.25, 0.3) is 0 Å². The van der Waals surface area contributed by atoms with E-state index in [0.29, 0.717) is 11.6 Å². The summed E-state index contributed by atoms with van der Waals surface area (Å²) < 4.78 is 0.